The molecule has 8 nitrogen and oxygen atoms in total. The number of hydrogen-bond acceptors (Lipinski definition) is 6. The van der Waals surface area contributed by atoms with Gasteiger partial charge in [-0.05, 0) is 57.8 Å². The SMILES string of the molecule is CC/C=C\C/C=C\C/C=C\C/C=C\C/C=C\CCCCCCCCCCCCCCCCCCCCCCCCCC(=O)NC(COP(=O)([O-])OCC[N+](C)(C)C)C(O)CCCCCCCCCCCCCCCCCCC. The molecular formula is C69H131N2O6P. The summed E-state index contributed by atoms with van der Waals surface area (Å²) in [5, 5.41) is 14.1. The average molecular weight is 1120 g/mol. The minimum Gasteiger partial charge on any atom is -0.756 e. The highest BCUT2D eigenvalue weighted by Crippen LogP contribution is 2.38. The molecule has 78 heavy (non-hydrogen) atoms. The number of quaternary nitrogens is 1. The van der Waals surface area contributed by atoms with Crippen molar-refractivity contribution in [2.24, 2.45) is 0 Å². The molecule has 0 aliphatic carbocycles. The summed E-state index contributed by atoms with van der Waals surface area (Å²) in [6.45, 7) is 4.65. The number of allylic oxidation sites excluding steroid dienone is 10. The van der Waals surface area contributed by atoms with Gasteiger partial charge in [-0.15, -0.1) is 0 Å². The highest BCUT2D eigenvalue weighted by Gasteiger charge is 2.24. The lowest BCUT2D eigenvalue weighted by atomic mass is 10.0. The van der Waals surface area contributed by atoms with Crippen molar-refractivity contribution in [3.63, 3.8) is 0 Å². The van der Waals surface area contributed by atoms with E-state index in [9.17, 15) is 19.4 Å². The van der Waals surface area contributed by atoms with Crippen LogP contribution in [0.3, 0.4) is 0 Å². The molecule has 0 aromatic heterocycles. The molecule has 0 saturated carbocycles. The summed E-state index contributed by atoms with van der Waals surface area (Å²) in [5.74, 6) is -0.159. The maximum atomic E-state index is 13.0. The molecule has 1 amide bonds. The van der Waals surface area contributed by atoms with Crippen molar-refractivity contribution in [3.05, 3.63) is 60.8 Å². The Balaban J connectivity index is 3.91. The first-order chi connectivity index (χ1) is 38.0. The summed E-state index contributed by atoms with van der Waals surface area (Å²) >= 11 is 0. The van der Waals surface area contributed by atoms with Crippen molar-refractivity contribution in [2.75, 3.05) is 40.9 Å². The van der Waals surface area contributed by atoms with Gasteiger partial charge < -0.3 is 28.8 Å². The first kappa shape index (κ1) is 76.2. The highest BCUT2D eigenvalue weighted by atomic mass is 31.2. The third kappa shape index (κ3) is 61.8. The number of carbonyl (C=O) groups is 1. The Morgan fingerprint density at radius 1 is 0.462 bits per heavy atom. The van der Waals surface area contributed by atoms with Gasteiger partial charge in [0.05, 0.1) is 39.9 Å². The molecular weight excluding hydrogens is 984 g/mol. The number of rotatable bonds is 62. The molecule has 3 unspecified atom stereocenters. The van der Waals surface area contributed by atoms with E-state index in [1.807, 2.05) is 21.1 Å². The van der Waals surface area contributed by atoms with Gasteiger partial charge in [0.25, 0.3) is 7.82 Å². The van der Waals surface area contributed by atoms with Gasteiger partial charge in [0.2, 0.25) is 5.91 Å². The summed E-state index contributed by atoms with van der Waals surface area (Å²) < 4.78 is 23.5. The molecule has 0 aromatic rings. The lowest BCUT2D eigenvalue weighted by Crippen LogP contribution is -2.46. The topological polar surface area (TPSA) is 108 Å². The second kappa shape index (κ2) is 59.8. The van der Waals surface area contributed by atoms with E-state index < -0.39 is 20.0 Å². The maximum absolute atomic E-state index is 13.0. The first-order valence-electron chi connectivity index (χ1n) is 33.6. The maximum Gasteiger partial charge on any atom is 0.268 e. The van der Waals surface area contributed by atoms with Crippen LogP contribution in [0.15, 0.2) is 60.8 Å². The fourth-order valence-corrected chi connectivity index (χ4v) is 10.8. The predicted molar refractivity (Wildman–Crippen MR) is 339 cm³/mol. The van der Waals surface area contributed by atoms with Crippen molar-refractivity contribution < 1.29 is 32.9 Å². The number of aliphatic hydroxyl groups is 1. The van der Waals surface area contributed by atoms with Crippen LogP contribution in [0.5, 0.6) is 0 Å². The third-order valence-electron chi connectivity index (χ3n) is 15.3. The Labute approximate surface area is 485 Å². The van der Waals surface area contributed by atoms with Gasteiger partial charge in [-0.25, -0.2) is 0 Å². The quantitative estimate of drug-likeness (QED) is 0.0272. The van der Waals surface area contributed by atoms with Crippen LogP contribution in [0.4, 0.5) is 0 Å². The zero-order valence-electron chi connectivity index (χ0n) is 52.4. The van der Waals surface area contributed by atoms with E-state index in [0.717, 1.165) is 70.6 Å². The normalized spacial score (nSPS) is 14.1. The average Bonchev–Trinajstić information content (AvgIpc) is 3.40. The van der Waals surface area contributed by atoms with E-state index in [1.54, 1.807) is 0 Å². The molecule has 0 bridgehead atoms. The summed E-state index contributed by atoms with van der Waals surface area (Å²) in [4.78, 5) is 25.6. The Kier molecular flexibility index (Phi) is 58.4. The number of phosphoric acid groups is 1. The molecule has 2 N–H and O–H groups in total. The zero-order chi connectivity index (χ0) is 57.0. The van der Waals surface area contributed by atoms with Crippen LogP contribution in [0, 0.1) is 0 Å². The van der Waals surface area contributed by atoms with Crippen LogP contribution in [-0.4, -0.2) is 68.5 Å². The lowest BCUT2D eigenvalue weighted by molar-refractivity contribution is -0.870. The molecule has 0 heterocycles. The van der Waals surface area contributed by atoms with Crippen LogP contribution in [0.2, 0.25) is 0 Å². The monoisotopic (exact) mass is 1110 g/mol. The molecule has 458 valence electrons. The number of phosphoric ester groups is 1. The molecule has 0 aromatic carbocycles. The summed E-state index contributed by atoms with van der Waals surface area (Å²) in [6, 6.07) is -0.800. The Bertz CT molecular complexity index is 1450. The third-order valence-corrected chi connectivity index (χ3v) is 16.2. The molecule has 0 spiro atoms. The number of likely N-dealkylation sites (N-methyl/N-ethyl adjacent to an activating group) is 1. The van der Waals surface area contributed by atoms with Crippen LogP contribution in [0.25, 0.3) is 0 Å². The molecule has 0 aliphatic rings. The number of hydrogen-bond donors (Lipinski definition) is 2. The van der Waals surface area contributed by atoms with Gasteiger partial charge in [-0.3, -0.25) is 9.36 Å². The van der Waals surface area contributed by atoms with Gasteiger partial charge in [0.15, 0.2) is 0 Å². The number of nitrogens with one attached hydrogen (secondary N) is 1. The second-order valence-electron chi connectivity index (χ2n) is 24.2. The summed E-state index contributed by atoms with van der Waals surface area (Å²) in [6.07, 6.45) is 81.5. The van der Waals surface area contributed by atoms with Crippen LogP contribution >= 0.6 is 7.82 Å². The number of nitrogens with zero attached hydrogens (tertiary/aromatic N) is 1. The molecule has 0 rings (SSSR count). The van der Waals surface area contributed by atoms with Gasteiger partial charge in [-0.2, -0.15) is 0 Å². The van der Waals surface area contributed by atoms with Gasteiger partial charge in [-0.1, -0.05) is 319 Å². The zero-order valence-corrected chi connectivity index (χ0v) is 53.3. The number of unbranched alkanes of at least 4 members (excludes halogenated alkanes) is 39. The first-order valence-corrected chi connectivity index (χ1v) is 35.1. The van der Waals surface area contributed by atoms with Crippen molar-refractivity contribution in [3.8, 4) is 0 Å². The molecule has 0 fully saturated rings. The largest absolute Gasteiger partial charge is 0.756 e. The second-order valence-corrected chi connectivity index (χ2v) is 25.6. The number of amides is 1. The Morgan fingerprint density at radius 3 is 1.14 bits per heavy atom. The molecule has 9 heteroatoms. The molecule has 0 saturated heterocycles. The van der Waals surface area contributed by atoms with E-state index in [0.29, 0.717) is 23.9 Å². The van der Waals surface area contributed by atoms with Crippen LogP contribution in [0.1, 0.15) is 322 Å². The van der Waals surface area contributed by atoms with Gasteiger partial charge in [0, 0.05) is 6.42 Å². The highest BCUT2D eigenvalue weighted by molar-refractivity contribution is 7.45. The van der Waals surface area contributed by atoms with Gasteiger partial charge >= 0.3 is 0 Å². The van der Waals surface area contributed by atoms with Crippen molar-refractivity contribution in [2.45, 2.75) is 334 Å². The fraction of sp³-hybridized carbons (Fsp3) is 0.841. The van der Waals surface area contributed by atoms with Crippen molar-refractivity contribution in [1.29, 1.82) is 0 Å². The van der Waals surface area contributed by atoms with E-state index in [4.69, 9.17) is 9.05 Å². The summed E-state index contributed by atoms with van der Waals surface area (Å²) in [5.41, 5.74) is 0. The minimum absolute atomic E-state index is 0.0136. The van der Waals surface area contributed by atoms with Crippen LogP contribution < -0.4 is 10.2 Å². The number of carbonyl (C=O) groups excluding carboxylic acids is 1. The fourth-order valence-electron chi connectivity index (χ4n) is 10.1. The minimum atomic E-state index is -4.57. The van der Waals surface area contributed by atoms with E-state index >= 15 is 0 Å². The van der Waals surface area contributed by atoms with E-state index in [-0.39, 0.29) is 19.1 Å². The van der Waals surface area contributed by atoms with E-state index in [2.05, 4.69) is 79.9 Å². The van der Waals surface area contributed by atoms with Crippen molar-refractivity contribution >= 4 is 13.7 Å². The van der Waals surface area contributed by atoms with Crippen LogP contribution in [-0.2, 0) is 18.4 Å². The Morgan fingerprint density at radius 2 is 0.782 bits per heavy atom. The number of aliphatic hydroxyl groups excluding tert-OH is 1. The molecule has 0 aliphatic heterocycles. The molecule has 0 radical (unpaired) electrons. The smallest absolute Gasteiger partial charge is 0.268 e. The van der Waals surface area contributed by atoms with Crippen molar-refractivity contribution in [1.82, 2.24) is 5.32 Å². The Hall–Kier alpha value is -1.80. The summed E-state index contributed by atoms with van der Waals surface area (Å²) in [7, 11) is 1.32. The predicted octanol–water partition coefficient (Wildman–Crippen LogP) is 20.6. The standard InChI is InChI=1S/C69H131N2O6P/c1-6-8-10-12-14-16-18-20-22-24-25-26-27-28-29-30-31-32-33-34-35-36-37-38-39-40-41-42-43-44-45-47-49-51-53-55-57-59-61-63-69(73)70-67(66-77-78(74,75)76-65-64-71(3,4)5)68(72)62-60-58-56-54-52-50-48-46-23-21-19-17-15-13-11-9-7-2/h8,10,14,16,20,22,25-26,28-29,67-68,72H,6-7,9,11-13,15,17-19,21,23-24,27,30-66H2,1-5H3,(H-,70,73,74,75)/b10-8-,16-14-,22-20-,26-25-,29-28-. The van der Waals surface area contributed by atoms with E-state index in [1.165, 1.54) is 225 Å². The molecule has 3 atom stereocenters. The lowest BCUT2D eigenvalue weighted by Gasteiger charge is -2.30. The van der Waals surface area contributed by atoms with Gasteiger partial charge in [0.1, 0.15) is 13.2 Å².